The molecule has 1 amide bonds. The van der Waals surface area contributed by atoms with Crippen LogP contribution in [0, 0.1) is 13.8 Å². The number of amides is 1. The van der Waals surface area contributed by atoms with Crippen LogP contribution in [-0.4, -0.2) is 62.5 Å². The first-order valence-corrected chi connectivity index (χ1v) is 14.6. The largest absolute Gasteiger partial charge is 0.352 e. The molecule has 40 heavy (non-hydrogen) atoms. The minimum absolute atomic E-state index is 0.175. The van der Waals surface area contributed by atoms with Gasteiger partial charge in [0.05, 0.1) is 22.5 Å². The van der Waals surface area contributed by atoms with Crippen molar-refractivity contribution in [1.82, 2.24) is 24.6 Å². The van der Waals surface area contributed by atoms with Crippen LogP contribution in [0.3, 0.4) is 0 Å². The Kier molecular flexibility index (Phi) is 7.51. The Balaban J connectivity index is 1.28. The van der Waals surface area contributed by atoms with E-state index in [1.165, 1.54) is 11.1 Å². The van der Waals surface area contributed by atoms with E-state index in [4.69, 9.17) is 15.1 Å². The van der Waals surface area contributed by atoms with E-state index in [0.29, 0.717) is 38.4 Å². The number of fused-ring (bicyclic) bond motifs is 1. The van der Waals surface area contributed by atoms with E-state index < -0.39 is 0 Å². The summed E-state index contributed by atoms with van der Waals surface area (Å²) in [4.78, 5) is 28.5. The Morgan fingerprint density at radius 1 is 0.825 bits per heavy atom. The van der Waals surface area contributed by atoms with Crippen LogP contribution in [0.2, 0.25) is 0 Å². The van der Waals surface area contributed by atoms with Crippen molar-refractivity contribution in [3.8, 4) is 5.69 Å². The number of carbonyl (C=O) groups excluding carboxylic acids is 1. The average Bonchev–Trinajstić information content (AvgIpc) is 3.34. The number of para-hydroxylation sites is 1. The number of aryl methyl sites for hydroxylation is 2. The van der Waals surface area contributed by atoms with Gasteiger partial charge < -0.3 is 9.80 Å². The predicted octanol–water partition coefficient (Wildman–Crippen LogP) is 5.46. The second kappa shape index (κ2) is 11.5. The van der Waals surface area contributed by atoms with Gasteiger partial charge in [-0.05, 0) is 43.7 Å². The zero-order valence-electron chi connectivity index (χ0n) is 22.8. The fourth-order valence-corrected chi connectivity index (χ4v) is 5.89. The van der Waals surface area contributed by atoms with E-state index in [2.05, 4.69) is 36.1 Å². The lowest BCUT2D eigenvalue weighted by Gasteiger charge is -2.35. The molecule has 0 N–H and O–H groups in total. The van der Waals surface area contributed by atoms with Gasteiger partial charge >= 0.3 is 0 Å². The fraction of sp³-hybridized carbons (Fsp3) is 0.250. The Morgan fingerprint density at radius 2 is 1.50 bits per heavy atom. The van der Waals surface area contributed by atoms with E-state index in [0.717, 1.165) is 39.0 Å². The fourth-order valence-electron chi connectivity index (χ4n) is 5.07. The molecule has 1 saturated heterocycles. The smallest absolute Gasteiger partial charge is 0.233 e. The molecule has 0 saturated carbocycles. The van der Waals surface area contributed by atoms with Crippen molar-refractivity contribution < 1.29 is 4.79 Å². The third-order valence-electron chi connectivity index (χ3n) is 7.25. The monoisotopic (exact) mass is 548 g/mol. The zero-order valence-corrected chi connectivity index (χ0v) is 23.6. The SMILES string of the molecule is Cc1ccc(Cc2nc(N3CCN(C(=O)CSc4ccccc4)CC3)c3c(C)nn(-c4ccccc4)c3n2)cc1. The van der Waals surface area contributed by atoms with Gasteiger partial charge in [-0.15, -0.1) is 11.8 Å². The molecule has 2 aromatic heterocycles. The second-order valence-corrected chi connectivity index (χ2v) is 11.2. The Labute approximate surface area is 238 Å². The average molecular weight is 549 g/mol. The third-order valence-corrected chi connectivity index (χ3v) is 8.25. The molecule has 8 heteroatoms. The maximum atomic E-state index is 13.0. The van der Waals surface area contributed by atoms with E-state index in [-0.39, 0.29) is 5.91 Å². The van der Waals surface area contributed by atoms with Gasteiger partial charge in [0.2, 0.25) is 5.91 Å². The summed E-state index contributed by atoms with van der Waals surface area (Å²) in [5.41, 5.74) is 5.08. The first-order valence-electron chi connectivity index (χ1n) is 13.6. The van der Waals surface area contributed by atoms with Gasteiger partial charge in [-0.2, -0.15) is 5.10 Å². The summed E-state index contributed by atoms with van der Waals surface area (Å²) in [6, 6.07) is 28.7. The van der Waals surface area contributed by atoms with Crippen molar-refractivity contribution in [3.05, 3.63) is 108 Å². The van der Waals surface area contributed by atoms with Gasteiger partial charge in [0.25, 0.3) is 0 Å². The molecule has 1 aliphatic heterocycles. The van der Waals surface area contributed by atoms with Crippen molar-refractivity contribution in [2.24, 2.45) is 0 Å². The molecule has 7 nitrogen and oxygen atoms in total. The van der Waals surface area contributed by atoms with Gasteiger partial charge in [0.15, 0.2) is 5.65 Å². The molecular weight excluding hydrogens is 516 g/mol. The van der Waals surface area contributed by atoms with E-state index in [1.54, 1.807) is 11.8 Å². The number of hydrogen-bond donors (Lipinski definition) is 0. The number of nitrogens with zero attached hydrogens (tertiary/aromatic N) is 6. The maximum Gasteiger partial charge on any atom is 0.233 e. The molecule has 0 unspecified atom stereocenters. The van der Waals surface area contributed by atoms with Crippen molar-refractivity contribution in [2.75, 3.05) is 36.8 Å². The highest BCUT2D eigenvalue weighted by Gasteiger charge is 2.26. The van der Waals surface area contributed by atoms with Gasteiger partial charge in [-0.25, -0.2) is 14.6 Å². The summed E-state index contributed by atoms with van der Waals surface area (Å²) < 4.78 is 1.93. The van der Waals surface area contributed by atoms with Crippen molar-refractivity contribution in [2.45, 2.75) is 25.2 Å². The van der Waals surface area contributed by atoms with Gasteiger partial charge in [0.1, 0.15) is 11.6 Å². The lowest BCUT2D eigenvalue weighted by molar-refractivity contribution is -0.128. The lowest BCUT2D eigenvalue weighted by atomic mass is 10.1. The van der Waals surface area contributed by atoms with Crippen LogP contribution in [0.5, 0.6) is 0 Å². The van der Waals surface area contributed by atoms with Crippen molar-refractivity contribution >= 4 is 34.5 Å². The molecule has 3 aromatic carbocycles. The van der Waals surface area contributed by atoms with Crippen molar-refractivity contribution in [3.63, 3.8) is 0 Å². The summed E-state index contributed by atoms with van der Waals surface area (Å²) in [5, 5.41) is 5.86. The van der Waals surface area contributed by atoms with Gasteiger partial charge in [0, 0.05) is 37.5 Å². The third kappa shape index (κ3) is 5.58. The molecule has 6 rings (SSSR count). The Morgan fingerprint density at radius 3 is 2.20 bits per heavy atom. The lowest BCUT2D eigenvalue weighted by Crippen LogP contribution is -2.49. The van der Waals surface area contributed by atoms with E-state index in [9.17, 15) is 4.79 Å². The molecule has 0 spiro atoms. The Bertz CT molecular complexity index is 1610. The zero-order chi connectivity index (χ0) is 27.5. The molecule has 1 fully saturated rings. The number of aromatic nitrogens is 4. The molecule has 5 aromatic rings. The standard InChI is InChI=1S/C32H32N6OS/c1-23-13-15-25(16-14-23)21-28-33-31(30-24(2)35-38(32(30)34-28)26-9-5-3-6-10-26)37-19-17-36(18-20-37)29(39)22-40-27-11-7-4-8-12-27/h3-16H,17-22H2,1-2H3. The van der Waals surface area contributed by atoms with Gasteiger partial charge in [-0.3, -0.25) is 4.79 Å². The topological polar surface area (TPSA) is 67.2 Å². The first-order chi connectivity index (χ1) is 19.5. The normalized spacial score (nSPS) is 13.7. The predicted molar refractivity (Wildman–Crippen MR) is 161 cm³/mol. The van der Waals surface area contributed by atoms with Gasteiger partial charge in [-0.1, -0.05) is 66.2 Å². The summed E-state index contributed by atoms with van der Waals surface area (Å²) in [6.07, 6.45) is 0.636. The van der Waals surface area contributed by atoms with E-state index in [1.807, 2.05) is 77.2 Å². The number of thioether (sulfide) groups is 1. The van der Waals surface area contributed by atoms with Crippen LogP contribution in [0.25, 0.3) is 16.7 Å². The molecule has 0 atom stereocenters. The summed E-state index contributed by atoms with van der Waals surface area (Å²) in [6.45, 7) is 6.88. The quantitative estimate of drug-likeness (QED) is 0.252. The highest BCUT2D eigenvalue weighted by atomic mass is 32.2. The molecule has 1 aliphatic rings. The minimum Gasteiger partial charge on any atom is -0.352 e. The molecule has 0 bridgehead atoms. The molecular formula is C32H32N6OS. The number of rotatable bonds is 7. The summed E-state index contributed by atoms with van der Waals surface area (Å²) in [5.74, 6) is 2.29. The maximum absolute atomic E-state index is 13.0. The molecule has 3 heterocycles. The number of benzene rings is 3. The number of hydrogen-bond acceptors (Lipinski definition) is 6. The highest BCUT2D eigenvalue weighted by Crippen LogP contribution is 2.30. The number of piperazine rings is 1. The van der Waals surface area contributed by atoms with Crippen LogP contribution in [-0.2, 0) is 11.2 Å². The van der Waals surface area contributed by atoms with Crippen LogP contribution in [0.4, 0.5) is 5.82 Å². The van der Waals surface area contributed by atoms with Crippen LogP contribution >= 0.6 is 11.8 Å². The first kappa shape index (κ1) is 26.1. The number of anilines is 1. The summed E-state index contributed by atoms with van der Waals surface area (Å²) in [7, 11) is 0. The van der Waals surface area contributed by atoms with Crippen molar-refractivity contribution in [1.29, 1.82) is 0 Å². The summed E-state index contributed by atoms with van der Waals surface area (Å²) >= 11 is 1.59. The minimum atomic E-state index is 0.175. The Hall–Kier alpha value is -4.17. The molecule has 202 valence electrons. The molecule has 0 aliphatic carbocycles. The number of carbonyl (C=O) groups is 1. The highest BCUT2D eigenvalue weighted by molar-refractivity contribution is 8.00. The molecule has 0 radical (unpaired) electrons. The van der Waals surface area contributed by atoms with Crippen LogP contribution in [0.1, 0.15) is 22.6 Å². The second-order valence-electron chi connectivity index (χ2n) is 10.1. The van der Waals surface area contributed by atoms with E-state index >= 15 is 0 Å². The van der Waals surface area contributed by atoms with Crippen LogP contribution in [0.15, 0.2) is 89.8 Å². The van der Waals surface area contributed by atoms with Crippen LogP contribution < -0.4 is 4.90 Å².